The van der Waals surface area contributed by atoms with E-state index in [4.69, 9.17) is 9.47 Å². The summed E-state index contributed by atoms with van der Waals surface area (Å²) in [4.78, 5) is 9.71. The quantitative estimate of drug-likeness (QED) is 0.0936. The second kappa shape index (κ2) is 16.8. The molecule has 0 fully saturated rings. The van der Waals surface area contributed by atoms with Gasteiger partial charge in [0, 0.05) is 34.3 Å². The van der Waals surface area contributed by atoms with Crippen molar-refractivity contribution in [3.05, 3.63) is 70.1 Å². The maximum atomic E-state index is 12.7. The molecule has 2 heterocycles. The highest BCUT2D eigenvalue weighted by Crippen LogP contribution is 2.27. The van der Waals surface area contributed by atoms with E-state index in [1.807, 2.05) is 18.2 Å². The second-order valence-electron chi connectivity index (χ2n) is 12.3. The highest BCUT2D eigenvalue weighted by molar-refractivity contribution is 9.10. The highest BCUT2D eigenvalue weighted by Gasteiger charge is 2.26. The summed E-state index contributed by atoms with van der Waals surface area (Å²) in [6, 6.07) is 20.5. The van der Waals surface area contributed by atoms with Gasteiger partial charge in [-0.05, 0) is 68.2 Å². The van der Waals surface area contributed by atoms with E-state index in [-0.39, 0.29) is 21.5 Å². The molecule has 0 spiro atoms. The van der Waals surface area contributed by atoms with Crippen LogP contribution in [0.3, 0.4) is 0 Å². The summed E-state index contributed by atoms with van der Waals surface area (Å²) in [5.74, 6) is 0. The lowest BCUT2D eigenvalue weighted by atomic mass is 10.4. The van der Waals surface area contributed by atoms with Gasteiger partial charge in [-0.1, -0.05) is 87.4 Å². The van der Waals surface area contributed by atoms with Crippen LogP contribution in [0.5, 0.6) is 0 Å². The number of rotatable bonds is 14. The van der Waals surface area contributed by atoms with Crippen LogP contribution in [0.2, 0.25) is 51.4 Å². The Morgan fingerprint density at radius 1 is 0.727 bits per heavy atom. The SMILES string of the molecule is C[Si](C)(C)CCOCn1nc(Br)nc1S(=O)(=O)c1ccccc1.C[Si](C)(C)CCOCn1nc(Br)nc1Sc1ccccc1. The van der Waals surface area contributed by atoms with Gasteiger partial charge < -0.3 is 9.47 Å². The van der Waals surface area contributed by atoms with E-state index in [1.54, 1.807) is 34.6 Å². The number of nitrogens with zero attached hydrogens (tertiary/aromatic N) is 6. The van der Waals surface area contributed by atoms with Crippen molar-refractivity contribution in [2.45, 2.75) is 84.9 Å². The smallest absolute Gasteiger partial charge is 0.253 e. The molecule has 240 valence electrons. The third kappa shape index (κ3) is 12.6. The Morgan fingerprint density at radius 3 is 1.75 bits per heavy atom. The van der Waals surface area contributed by atoms with Gasteiger partial charge in [0.05, 0.1) is 4.90 Å². The number of ether oxygens (including phenoxy) is 2. The lowest BCUT2D eigenvalue weighted by molar-refractivity contribution is 0.0712. The molecule has 0 unspecified atom stereocenters. The molecule has 0 saturated carbocycles. The predicted octanol–water partition coefficient (Wildman–Crippen LogP) is 7.69. The van der Waals surface area contributed by atoms with Crippen LogP contribution in [0.25, 0.3) is 0 Å². The lowest BCUT2D eigenvalue weighted by Gasteiger charge is -2.15. The first-order valence-corrected chi connectivity index (χ1v) is 25.3. The molecule has 0 aliphatic carbocycles. The van der Waals surface area contributed by atoms with Crippen LogP contribution in [0.1, 0.15) is 0 Å². The first-order valence-electron chi connectivity index (χ1n) is 14.0. The Kier molecular flexibility index (Phi) is 14.0. The normalized spacial score (nSPS) is 12.2. The second-order valence-corrected chi connectivity index (χ2v) is 27.8. The van der Waals surface area contributed by atoms with Crippen LogP contribution in [-0.4, -0.2) is 67.3 Å². The van der Waals surface area contributed by atoms with Crippen LogP contribution in [0, 0.1) is 0 Å². The van der Waals surface area contributed by atoms with Crippen LogP contribution < -0.4 is 0 Å². The third-order valence-corrected chi connectivity index (χ3v) is 12.6. The molecular weight excluding hydrogens is 764 g/mol. The molecule has 0 aliphatic heterocycles. The topological polar surface area (TPSA) is 114 Å². The van der Waals surface area contributed by atoms with E-state index < -0.39 is 26.0 Å². The fourth-order valence-electron chi connectivity index (χ4n) is 3.40. The van der Waals surface area contributed by atoms with Gasteiger partial charge in [0.2, 0.25) is 19.3 Å². The van der Waals surface area contributed by atoms with Gasteiger partial charge in [0.15, 0.2) is 5.16 Å². The Balaban J connectivity index is 0.000000241. The first-order chi connectivity index (χ1) is 20.6. The molecule has 10 nitrogen and oxygen atoms in total. The van der Waals surface area contributed by atoms with Crippen molar-refractivity contribution in [3.8, 4) is 0 Å². The predicted molar refractivity (Wildman–Crippen MR) is 186 cm³/mol. The minimum Gasteiger partial charge on any atom is -0.359 e. The van der Waals surface area contributed by atoms with Crippen molar-refractivity contribution in [1.29, 1.82) is 0 Å². The molecule has 4 aromatic rings. The van der Waals surface area contributed by atoms with Crippen LogP contribution in [-0.2, 0) is 32.8 Å². The van der Waals surface area contributed by atoms with E-state index in [0.717, 1.165) is 28.7 Å². The zero-order chi connectivity index (χ0) is 32.4. The summed E-state index contributed by atoms with van der Waals surface area (Å²) < 4.78 is 40.6. The number of halogens is 2. The number of sulfone groups is 1. The molecule has 0 atom stereocenters. The van der Waals surface area contributed by atoms with Gasteiger partial charge in [-0.15, -0.1) is 10.2 Å². The molecule has 0 aliphatic rings. The fourth-order valence-corrected chi connectivity index (χ4v) is 8.01. The van der Waals surface area contributed by atoms with Crippen molar-refractivity contribution in [2.24, 2.45) is 0 Å². The van der Waals surface area contributed by atoms with E-state index in [1.165, 1.54) is 16.8 Å². The maximum absolute atomic E-state index is 12.7. The van der Waals surface area contributed by atoms with Crippen LogP contribution >= 0.6 is 43.6 Å². The molecule has 4 rings (SSSR count). The number of benzene rings is 2. The summed E-state index contributed by atoms with van der Waals surface area (Å²) in [6.45, 7) is 15.7. The molecule has 16 heteroatoms. The van der Waals surface area contributed by atoms with Crippen molar-refractivity contribution in [3.63, 3.8) is 0 Å². The van der Waals surface area contributed by atoms with Crippen molar-refractivity contribution in [2.75, 3.05) is 13.2 Å². The largest absolute Gasteiger partial charge is 0.359 e. The molecule has 2 aromatic carbocycles. The molecule has 0 amide bonds. The summed E-state index contributed by atoms with van der Waals surface area (Å²) in [6.07, 6.45) is 0. The first kappa shape index (κ1) is 36.8. The van der Waals surface area contributed by atoms with Crippen molar-refractivity contribution < 1.29 is 17.9 Å². The van der Waals surface area contributed by atoms with Crippen LogP contribution in [0.15, 0.2) is 90.2 Å². The number of hydrogen-bond donors (Lipinski definition) is 0. The number of aromatic nitrogens is 6. The van der Waals surface area contributed by atoms with E-state index in [2.05, 4.69) is 103 Å². The minimum atomic E-state index is -3.73. The van der Waals surface area contributed by atoms with Crippen molar-refractivity contribution in [1.82, 2.24) is 29.5 Å². The standard InChI is InChI=1S/C14H20BrN3O3SSi.C14H20BrN3OSSi/c1-23(2,3)10-9-21-11-18-14(16-13(15)17-18)22(19,20)12-7-5-4-6-8-12;1-21(2,3)10-9-19-11-18-14(16-13(15)17-18)20-12-7-5-4-6-8-12/h4-8H,9-11H2,1-3H3;4-8H,9-11H2,1-3H3. The zero-order valence-electron chi connectivity index (χ0n) is 25.9. The average molecular weight is 805 g/mol. The molecule has 0 saturated heterocycles. The summed E-state index contributed by atoms with van der Waals surface area (Å²) in [5, 5.41) is 9.11. The number of hydrogen-bond acceptors (Lipinski definition) is 9. The fraction of sp³-hybridized carbons (Fsp3) is 0.429. The zero-order valence-corrected chi connectivity index (χ0v) is 32.7. The molecular formula is C28H40Br2N6O4S2Si2. The van der Waals surface area contributed by atoms with Gasteiger partial charge in [-0.2, -0.15) is 9.97 Å². The molecule has 0 N–H and O–H groups in total. The van der Waals surface area contributed by atoms with Crippen molar-refractivity contribution >= 4 is 69.6 Å². The molecule has 0 bridgehead atoms. The van der Waals surface area contributed by atoms with E-state index in [0.29, 0.717) is 18.1 Å². The van der Waals surface area contributed by atoms with Gasteiger partial charge in [0.25, 0.3) is 5.16 Å². The summed E-state index contributed by atoms with van der Waals surface area (Å²) in [5.41, 5.74) is 0. The molecule has 0 radical (unpaired) electrons. The Labute approximate surface area is 283 Å². The molecule has 44 heavy (non-hydrogen) atoms. The van der Waals surface area contributed by atoms with Crippen LogP contribution in [0.4, 0.5) is 0 Å². The third-order valence-electron chi connectivity index (χ3n) is 5.89. The average Bonchev–Trinajstić information content (AvgIpc) is 3.50. The summed E-state index contributed by atoms with van der Waals surface area (Å²) in [7, 11) is -5.97. The Bertz CT molecular complexity index is 1560. The Hall–Kier alpha value is -1.67. The van der Waals surface area contributed by atoms with Gasteiger partial charge in [-0.25, -0.2) is 17.8 Å². The molecule has 2 aromatic heterocycles. The maximum Gasteiger partial charge on any atom is 0.253 e. The van der Waals surface area contributed by atoms with Gasteiger partial charge in [0.1, 0.15) is 13.5 Å². The highest BCUT2D eigenvalue weighted by atomic mass is 79.9. The Morgan fingerprint density at radius 2 is 1.20 bits per heavy atom. The van der Waals surface area contributed by atoms with E-state index in [9.17, 15) is 8.42 Å². The lowest BCUT2D eigenvalue weighted by Crippen LogP contribution is -2.22. The van der Waals surface area contributed by atoms with E-state index >= 15 is 0 Å². The van der Waals surface area contributed by atoms with Gasteiger partial charge in [-0.3, -0.25) is 0 Å². The minimum absolute atomic E-state index is 0.0600. The summed E-state index contributed by atoms with van der Waals surface area (Å²) >= 11 is 8.05. The van der Waals surface area contributed by atoms with Gasteiger partial charge >= 0.3 is 0 Å². The monoisotopic (exact) mass is 802 g/mol.